The van der Waals surface area contributed by atoms with E-state index in [0.717, 1.165) is 102 Å². The summed E-state index contributed by atoms with van der Waals surface area (Å²) in [6, 6.07) is 0. The number of phosphoric ester groups is 2. The van der Waals surface area contributed by atoms with Crippen LogP contribution in [0.15, 0.2) is 0 Å². The van der Waals surface area contributed by atoms with Gasteiger partial charge in [0, 0.05) is 25.7 Å². The Kier molecular flexibility index (Phi) is 76.9. The summed E-state index contributed by atoms with van der Waals surface area (Å²) < 4.78 is 68.9. The number of carbonyl (C=O) groups is 4. The number of aliphatic hydroxyl groups is 1. The summed E-state index contributed by atoms with van der Waals surface area (Å²) in [7, 11) is -9.93. The van der Waals surface area contributed by atoms with E-state index in [1.54, 1.807) is 0 Å². The summed E-state index contributed by atoms with van der Waals surface area (Å²) in [4.78, 5) is 73.3. The molecule has 0 saturated carbocycles. The van der Waals surface area contributed by atoms with Gasteiger partial charge < -0.3 is 33.8 Å². The zero-order chi connectivity index (χ0) is 77.8. The highest BCUT2D eigenvalue weighted by Crippen LogP contribution is 2.45. The molecule has 17 nitrogen and oxygen atoms in total. The predicted molar refractivity (Wildman–Crippen MR) is 437 cm³/mol. The van der Waals surface area contributed by atoms with Crippen LogP contribution in [0.2, 0.25) is 0 Å². The number of esters is 4. The third-order valence-corrected chi connectivity index (χ3v) is 22.4. The lowest BCUT2D eigenvalue weighted by Gasteiger charge is -2.21. The van der Waals surface area contributed by atoms with Crippen molar-refractivity contribution < 1.29 is 80.2 Å². The fraction of sp³-hybridized carbons (Fsp3) is 0.954. The van der Waals surface area contributed by atoms with E-state index in [-0.39, 0.29) is 25.7 Å². The van der Waals surface area contributed by atoms with Crippen molar-refractivity contribution in [1.29, 1.82) is 0 Å². The first kappa shape index (κ1) is 104. The molecule has 0 aromatic heterocycles. The molecule has 2 unspecified atom stereocenters. The second-order valence-corrected chi connectivity index (χ2v) is 35.1. The Morgan fingerprint density at radius 1 is 0.255 bits per heavy atom. The van der Waals surface area contributed by atoms with Crippen LogP contribution in [0.4, 0.5) is 0 Å². The Hall–Kier alpha value is -1.94. The van der Waals surface area contributed by atoms with Crippen LogP contribution in [0.1, 0.15) is 465 Å². The topological polar surface area (TPSA) is 237 Å². The van der Waals surface area contributed by atoms with E-state index in [1.165, 1.54) is 283 Å². The number of rotatable bonds is 86. The zero-order valence-electron chi connectivity index (χ0n) is 69.7. The van der Waals surface area contributed by atoms with Crippen molar-refractivity contribution in [3.8, 4) is 0 Å². The van der Waals surface area contributed by atoms with Gasteiger partial charge in [-0.15, -0.1) is 0 Å². The minimum absolute atomic E-state index is 0.108. The van der Waals surface area contributed by atoms with Crippen molar-refractivity contribution in [2.24, 2.45) is 11.8 Å². The van der Waals surface area contributed by atoms with Crippen molar-refractivity contribution in [3.63, 3.8) is 0 Å². The third-order valence-electron chi connectivity index (χ3n) is 20.5. The molecule has 0 aliphatic rings. The Labute approximate surface area is 651 Å². The van der Waals surface area contributed by atoms with Crippen LogP contribution >= 0.6 is 15.6 Å². The molecule has 106 heavy (non-hydrogen) atoms. The van der Waals surface area contributed by atoms with Crippen LogP contribution < -0.4 is 0 Å². The van der Waals surface area contributed by atoms with Gasteiger partial charge in [0.25, 0.3) is 0 Å². The van der Waals surface area contributed by atoms with Gasteiger partial charge in [-0.2, -0.15) is 0 Å². The van der Waals surface area contributed by atoms with Crippen LogP contribution in [0, 0.1) is 11.8 Å². The molecule has 0 heterocycles. The van der Waals surface area contributed by atoms with Crippen LogP contribution in [0.3, 0.4) is 0 Å². The molecule has 0 bridgehead atoms. The minimum Gasteiger partial charge on any atom is -0.462 e. The molecule has 0 amide bonds. The lowest BCUT2D eigenvalue weighted by Crippen LogP contribution is -2.30. The second kappa shape index (κ2) is 78.3. The van der Waals surface area contributed by atoms with Crippen LogP contribution in [-0.2, 0) is 65.4 Å². The van der Waals surface area contributed by atoms with Gasteiger partial charge in [0.2, 0.25) is 0 Å². The lowest BCUT2D eigenvalue weighted by atomic mass is 10.0. The zero-order valence-corrected chi connectivity index (χ0v) is 71.5. The van der Waals surface area contributed by atoms with E-state index < -0.39 is 97.5 Å². The highest BCUT2D eigenvalue weighted by molar-refractivity contribution is 7.47. The molecule has 3 N–H and O–H groups in total. The summed E-state index contributed by atoms with van der Waals surface area (Å²) in [5, 5.41) is 10.7. The summed E-state index contributed by atoms with van der Waals surface area (Å²) in [6.45, 7) is 9.71. The highest BCUT2D eigenvalue weighted by atomic mass is 31.2. The van der Waals surface area contributed by atoms with Crippen molar-refractivity contribution in [2.75, 3.05) is 39.6 Å². The number of carbonyl (C=O) groups excluding carboxylic acids is 4. The molecule has 0 aliphatic heterocycles. The monoisotopic (exact) mass is 1550 g/mol. The van der Waals surface area contributed by atoms with Gasteiger partial charge in [-0.05, 0) is 37.5 Å². The van der Waals surface area contributed by atoms with Gasteiger partial charge in [-0.25, -0.2) is 9.13 Å². The first-order valence-electron chi connectivity index (χ1n) is 45.0. The molecule has 0 fully saturated rings. The van der Waals surface area contributed by atoms with E-state index in [9.17, 15) is 43.2 Å². The molecule has 0 aliphatic carbocycles. The number of unbranched alkanes of at least 4 members (excludes halogenated alkanes) is 56. The Bertz CT molecular complexity index is 2030. The molecular weight excluding hydrogens is 1380 g/mol. The predicted octanol–water partition coefficient (Wildman–Crippen LogP) is 26.6. The van der Waals surface area contributed by atoms with Crippen LogP contribution in [0.5, 0.6) is 0 Å². The summed E-state index contributed by atoms with van der Waals surface area (Å²) in [5.74, 6) is -0.515. The van der Waals surface area contributed by atoms with E-state index in [1.807, 2.05) is 0 Å². The van der Waals surface area contributed by atoms with Crippen molar-refractivity contribution in [3.05, 3.63) is 0 Å². The molecule has 0 radical (unpaired) electrons. The van der Waals surface area contributed by atoms with Crippen molar-refractivity contribution in [2.45, 2.75) is 484 Å². The first-order valence-corrected chi connectivity index (χ1v) is 48.0. The largest absolute Gasteiger partial charge is 0.472 e. The van der Waals surface area contributed by atoms with Gasteiger partial charge in [0.1, 0.15) is 19.3 Å². The van der Waals surface area contributed by atoms with Gasteiger partial charge in [-0.3, -0.25) is 37.3 Å². The van der Waals surface area contributed by atoms with Crippen LogP contribution in [-0.4, -0.2) is 96.7 Å². The second-order valence-electron chi connectivity index (χ2n) is 32.2. The van der Waals surface area contributed by atoms with E-state index >= 15 is 0 Å². The lowest BCUT2D eigenvalue weighted by molar-refractivity contribution is -0.161. The van der Waals surface area contributed by atoms with E-state index in [2.05, 4.69) is 41.5 Å². The summed E-state index contributed by atoms with van der Waals surface area (Å²) in [6.07, 6.45) is 70.8. The number of phosphoric acid groups is 2. The third kappa shape index (κ3) is 80.1. The van der Waals surface area contributed by atoms with Crippen LogP contribution in [0.25, 0.3) is 0 Å². The molecule has 0 aromatic rings. The van der Waals surface area contributed by atoms with Gasteiger partial charge >= 0.3 is 39.5 Å². The highest BCUT2D eigenvalue weighted by Gasteiger charge is 2.30. The standard InChI is InChI=1S/C87H170O17P2/c1-7-9-11-13-15-17-19-20-21-22-23-24-25-26-27-28-35-41-47-53-59-65-71-86(91)104-83(76-98-85(90)70-64-58-52-46-40-34-30-29-32-38-43-49-55-61-67-79(3)4)78-102-106(95,96)100-74-81(88)73-99-105(93,94)101-77-82(75-97-84(89)69-63-57-51-45-37-18-16-14-12-10-8-2)103-87(92)72-66-60-54-48-42-36-31-33-39-44-50-56-62-68-80(5)6/h79-83,88H,7-78H2,1-6H3,(H,93,94)(H,95,96)/t81-,82+,83+/m0/s1. The molecular formula is C87H170O17P2. The molecule has 0 aromatic carbocycles. The average Bonchev–Trinajstić information content (AvgIpc) is 0.899. The van der Waals surface area contributed by atoms with E-state index in [4.69, 9.17) is 37.0 Å². The molecule has 5 atom stereocenters. The molecule has 19 heteroatoms. The molecule has 630 valence electrons. The fourth-order valence-electron chi connectivity index (χ4n) is 13.6. The normalized spacial score (nSPS) is 13.8. The average molecular weight is 1550 g/mol. The summed E-state index contributed by atoms with van der Waals surface area (Å²) >= 11 is 0. The minimum atomic E-state index is -4.97. The Balaban J connectivity index is 5.23. The van der Waals surface area contributed by atoms with Gasteiger partial charge in [-0.1, -0.05) is 414 Å². The quantitative estimate of drug-likeness (QED) is 0.0222. The van der Waals surface area contributed by atoms with Crippen molar-refractivity contribution in [1.82, 2.24) is 0 Å². The Morgan fingerprint density at radius 2 is 0.434 bits per heavy atom. The first-order chi connectivity index (χ1) is 51.4. The maximum atomic E-state index is 13.2. The molecule has 0 rings (SSSR count). The van der Waals surface area contributed by atoms with E-state index in [0.29, 0.717) is 25.7 Å². The van der Waals surface area contributed by atoms with Crippen molar-refractivity contribution >= 4 is 39.5 Å². The number of aliphatic hydroxyl groups excluding tert-OH is 1. The number of ether oxygens (including phenoxy) is 4. The Morgan fingerprint density at radius 3 is 0.642 bits per heavy atom. The smallest absolute Gasteiger partial charge is 0.462 e. The maximum Gasteiger partial charge on any atom is 0.472 e. The summed E-state index contributed by atoms with van der Waals surface area (Å²) in [5.41, 5.74) is 0. The SMILES string of the molecule is CCCCCCCCCCCCCCCCCCCCCCCCC(=O)O[C@H](COC(=O)CCCCCCCCCCCCCCCCC(C)C)COP(=O)(O)OC[C@@H](O)COP(=O)(O)OC[C@@H](COC(=O)CCCCCCCCCCCCC)OC(=O)CCCCCCCCCCCCCCCC(C)C. The number of hydrogen-bond donors (Lipinski definition) is 3. The molecule has 0 saturated heterocycles. The fourth-order valence-corrected chi connectivity index (χ4v) is 15.2. The number of hydrogen-bond acceptors (Lipinski definition) is 15. The molecule has 0 spiro atoms. The maximum absolute atomic E-state index is 13.2. The van der Waals surface area contributed by atoms with Gasteiger partial charge in [0.15, 0.2) is 12.2 Å². The van der Waals surface area contributed by atoms with Gasteiger partial charge in [0.05, 0.1) is 26.4 Å².